The number of methoxy groups -OCH3 is 1. The van der Waals surface area contributed by atoms with Crippen molar-refractivity contribution in [3.8, 4) is 5.75 Å². The van der Waals surface area contributed by atoms with Gasteiger partial charge in [0.25, 0.3) is 5.91 Å². The van der Waals surface area contributed by atoms with Crippen molar-refractivity contribution in [3.05, 3.63) is 46.5 Å². The van der Waals surface area contributed by atoms with E-state index in [1.165, 1.54) is 11.3 Å². The molecule has 3 rings (SSSR count). The number of carbonyl (C=O) groups is 2. The molecule has 0 aliphatic rings. The first-order valence-electron chi connectivity index (χ1n) is 7.69. The molecule has 0 aliphatic carbocycles. The monoisotopic (exact) mass is 359 g/mol. The van der Waals surface area contributed by atoms with Crippen molar-refractivity contribution >= 4 is 39.2 Å². The van der Waals surface area contributed by atoms with Crippen LogP contribution in [-0.2, 0) is 4.74 Å². The van der Waals surface area contributed by atoms with E-state index in [1.807, 2.05) is 12.1 Å². The molecule has 3 aromatic rings. The Kier molecular flexibility index (Phi) is 4.76. The zero-order valence-electron chi connectivity index (χ0n) is 14.0. The number of esters is 1. The third-order valence-corrected chi connectivity index (χ3v) is 4.70. The lowest BCUT2D eigenvalue weighted by Crippen LogP contribution is -2.09. The van der Waals surface area contributed by atoms with Crippen LogP contribution in [0, 0.1) is 6.92 Å². The molecule has 0 aliphatic heterocycles. The molecule has 0 saturated heterocycles. The lowest BCUT2D eigenvalue weighted by molar-refractivity contribution is 0.0531. The number of para-hydroxylation sites is 1. The number of furan rings is 1. The standard InChI is InChI=1S/C18H17NO5S/c1-4-23-18(21)16-10(2)8-14(25-16)19-17(20)13-9-11-6-5-7-12(22-3)15(11)24-13/h5-9H,4H2,1-3H3,(H,19,20). The molecule has 6 nitrogen and oxygen atoms in total. The first-order chi connectivity index (χ1) is 12.0. The number of benzene rings is 1. The largest absolute Gasteiger partial charge is 0.493 e. The molecule has 0 bridgehead atoms. The fourth-order valence-electron chi connectivity index (χ4n) is 2.43. The van der Waals surface area contributed by atoms with Gasteiger partial charge in [-0.2, -0.15) is 0 Å². The van der Waals surface area contributed by atoms with Gasteiger partial charge < -0.3 is 19.2 Å². The Hall–Kier alpha value is -2.80. The molecule has 2 aromatic heterocycles. The van der Waals surface area contributed by atoms with Gasteiger partial charge >= 0.3 is 5.97 Å². The number of hydrogen-bond acceptors (Lipinski definition) is 6. The molecule has 7 heteroatoms. The number of rotatable bonds is 5. The van der Waals surface area contributed by atoms with Gasteiger partial charge in [-0.25, -0.2) is 4.79 Å². The highest BCUT2D eigenvalue weighted by atomic mass is 32.1. The Morgan fingerprint density at radius 1 is 1.28 bits per heavy atom. The second kappa shape index (κ2) is 6.98. The second-order valence-corrected chi connectivity index (χ2v) is 6.34. The van der Waals surface area contributed by atoms with Crippen molar-refractivity contribution in [2.75, 3.05) is 19.0 Å². The predicted octanol–water partition coefficient (Wildman–Crippen LogP) is 4.24. The van der Waals surface area contributed by atoms with Crippen LogP contribution in [0.5, 0.6) is 5.75 Å². The Labute approximate surface area is 148 Å². The minimum atomic E-state index is -0.394. The first kappa shape index (κ1) is 17.0. The predicted molar refractivity (Wildman–Crippen MR) is 95.7 cm³/mol. The smallest absolute Gasteiger partial charge is 0.348 e. The molecule has 0 saturated carbocycles. The quantitative estimate of drug-likeness (QED) is 0.690. The van der Waals surface area contributed by atoms with Gasteiger partial charge in [-0.3, -0.25) is 4.79 Å². The number of amides is 1. The van der Waals surface area contributed by atoms with E-state index in [0.29, 0.717) is 27.8 Å². The maximum Gasteiger partial charge on any atom is 0.348 e. The summed E-state index contributed by atoms with van der Waals surface area (Å²) in [6.07, 6.45) is 0. The van der Waals surface area contributed by atoms with Crippen molar-refractivity contribution in [2.24, 2.45) is 0 Å². The maximum atomic E-state index is 12.4. The van der Waals surface area contributed by atoms with Gasteiger partial charge in [0.1, 0.15) is 4.88 Å². The van der Waals surface area contributed by atoms with Crippen LogP contribution in [0.15, 0.2) is 34.7 Å². The Balaban J connectivity index is 1.83. The van der Waals surface area contributed by atoms with Gasteiger partial charge in [0, 0.05) is 5.39 Å². The molecule has 0 radical (unpaired) electrons. The highest BCUT2D eigenvalue weighted by Crippen LogP contribution is 2.30. The minimum absolute atomic E-state index is 0.170. The fraction of sp³-hybridized carbons (Fsp3) is 0.222. The lowest BCUT2D eigenvalue weighted by atomic mass is 10.2. The number of carbonyl (C=O) groups excluding carboxylic acids is 2. The van der Waals surface area contributed by atoms with Gasteiger partial charge in [0.05, 0.1) is 18.7 Å². The van der Waals surface area contributed by atoms with Gasteiger partial charge in [-0.1, -0.05) is 12.1 Å². The number of fused-ring (bicyclic) bond motifs is 1. The molecule has 0 spiro atoms. The topological polar surface area (TPSA) is 77.8 Å². The normalized spacial score (nSPS) is 10.7. The fourth-order valence-corrected chi connectivity index (χ4v) is 3.39. The van der Waals surface area contributed by atoms with E-state index in [1.54, 1.807) is 39.2 Å². The van der Waals surface area contributed by atoms with E-state index >= 15 is 0 Å². The molecule has 2 heterocycles. The third-order valence-electron chi connectivity index (χ3n) is 3.57. The number of nitrogens with one attached hydrogen (secondary N) is 1. The van der Waals surface area contributed by atoms with E-state index in [2.05, 4.69) is 5.32 Å². The maximum absolute atomic E-state index is 12.4. The van der Waals surface area contributed by atoms with Crippen molar-refractivity contribution in [2.45, 2.75) is 13.8 Å². The molecule has 1 N–H and O–H groups in total. The summed E-state index contributed by atoms with van der Waals surface area (Å²) >= 11 is 1.17. The third kappa shape index (κ3) is 3.36. The van der Waals surface area contributed by atoms with Crippen LogP contribution in [0.3, 0.4) is 0 Å². The van der Waals surface area contributed by atoms with E-state index in [4.69, 9.17) is 13.9 Å². The average molecular weight is 359 g/mol. The zero-order valence-corrected chi connectivity index (χ0v) is 14.9. The van der Waals surface area contributed by atoms with E-state index in [-0.39, 0.29) is 11.7 Å². The molecule has 0 atom stereocenters. The molecular weight excluding hydrogens is 342 g/mol. The van der Waals surface area contributed by atoms with Gasteiger partial charge in [-0.15, -0.1) is 11.3 Å². The molecular formula is C18H17NO5S. The SMILES string of the molecule is CCOC(=O)c1sc(NC(=O)c2cc3cccc(OC)c3o2)cc1C. The summed E-state index contributed by atoms with van der Waals surface area (Å²) in [7, 11) is 1.54. The van der Waals surface area contributed by atoms with Crippen LogP contribution in [0.4, 0.5) is 5.00 Å². The van der Waals surface area contributed by atoms with Crippen molar-refractivity contribution < 1.29 is 23.5 Å². The van der Waals surface area contributed by atoms with Crippen LogP contribution in [-0.4, -0.2) is 25.6 Å². The highest BCUT2D eigenvalue weighted by molar-refractivity contribution is 7.18. The van der Waals surface area contributed by atoms with Crippen molar-refractivity contribution in [1.29, 1.82) is 0 Å². The summed E-state index contributed by atoms with van der Waals surface area (Å²) < 4.78 is 15.9. The Bertz CT molecular complexity index is 940. The Morgan fingerprint density at radius 2 is 2.08 bits per heavy atom. The van der Waals surface area contributed by atoms with Crippen molar-refractivity contribution in [3.63, 3.8) is 0 Å². The summed E-state index contributed by atoms with van der Waals surface area (Å²) in [6, 6.07) is 8.82. The van der Waals surface area contributed by atoms with Crippen molar-refractivity contribution in [1.82, 2.24) is 0 Å². The molecule has 0 fully saturated rings. The summed E-state index contributed by atoms with van der Waals surface area (Å²) in [5.74, 6) is -0.0507. The average Bonchev–Trinajstić information content (AvgIpc) is 3.18. The molecule has 0 unspecified atom stereocenters. The van der Waals surface area contributed by atoms with Crippen LogP contribution >= 0.6 is 11.3 Å². The van der Waals surface area contributed by atoms with Gasteiger partial charge in [-0.05, 0) is 37.6 Å². The first-order valence-corrected chi connectivity index (χ1v) is 8.50. The molecule has 1 amide bonds. The molecule has 25 heavy (non-hydrogen) atoms. The van der Waals surface area contributed by atoms with Gasteiger partial charge in [0.2, 0.25) is 0 Å². The number of thiophene rings is 1. The Morgan fingerprint density at radius 3 is 2.80 bits per heavy atom. The van der Waals surface area contributed by atoms with Crippen LogP contribution in [0.2, 0.25) is 0 Å². The number of ether oxygens (including phenoxy) is 2. The molecule has 1 aromatic carbocycles. The number of aryl methyl sites for hydroxylation is 1. The summed E-state index contributed by atoms with van der Waals surface area (Å²) in [4.78, 5) is 24.8. The van der Waals surface area contributed by atoms with Crippen LogP contribution < -0.4 is 10.1 Å². The summed E-state index contributed by atoms with van der Waals surface area (Å²) in [5, 5.41) is 4.08. The summed E-state index contributed by atoms with van der Waals surface area (Å²) in [5.41, 5.74) is 1.27. The van der Waals surface area contributed by atoms with E-state index in [9.17, 15) is 9.59 Å². The van der Waals surface area contributed by atoms with E-state index < -0.39 is 5.91 Å². The van der Waals surface area contributed by atoms with Gasteiger partial charge in [0.15, 0.2) is 17.1 Å². The number of anilines is 1. The highest BCUT2D eigenvalue weighted by Gasteiger charge is 2.19. The van der Waals surface area contributed by atoms with E-state index in [0.717, 1.165) is 10.9 Å². The second-order valence-electron chi connectivity index (χ2n) is 5.29. The lowest BCUT2D eigenvalue weighted by Gasteiger charge is -2.00. The van der Waals surface area contributed by atoms with Crippen LogP contribution in [0.25, 0.3) is 11.0 Å². The zero-order chi connectivity index (χ0) is 18.0. The molecule has 130 valence electrons. The van der Waals surface area contributed by atoms with Crippen LogP contribution in [0.1, 0.15) is 32.7 Å². The minimum Gasteiger partial charge on any atom is -0.493 e. The summed E-state index contributed by atoms with van der Waals surface area (Å²) in [6.45, 7) is 3.85. The number of hydrogen-bond donors (Lipinski definition) is 1.